The van der Waals surface area contributed by atoms with Gasteiger partial charge in [-0.1, -0.05) is 36.7 Å². The lowest BCUT2D eigenvalue weighted by molar-refractivity contribution is -0.141. The molecular weight excluding hydrogens is 228 g/mol. The Morgan fingerprint density at radius 3 is 2.81 bits per heavy atom. The van der Waals surface area contributed by atoms with Crippen molar-refractivity contribution in [3.05, 3.63) is 34.9 Å². The molecule has 0 radical (unpaired) electrons. The minimum Gasteiger partial charge on any atom is -0.481 e. The van der Waals surface area contributed by atoms with E-state index in [1.54, 1.807) is 13.0 Å². The largest absolute Gasteiger partial charge is 0.481 e. The van der Waals surface area contributed by atoms with Crippen molar-refractivity contribution in [2.45, 2.75) is 20.0 Å². The van der Waals surface area contributed by atoms with Gasteiger partial charge in [-0.3, -0.25) is 4.79 Å². The summed E-state index contributed by atoms with van der Waals surface area (Å²) in [6.07, 6.45) is 0.514. The zero-order valence-electron chi connectivity index (χ0n) is 9.15. The van der Waals surface area contributed by atoms with Crippen LogP contribution in [-0.2, 0) is 16.1 Å². The average Bonchev–Trinajstić information content (AvgIpc) is 2.26. The maximum Gasteiger partial charge on any atom is 0.306 e. The van der Waals surface area contributed by atoms with Crippen molar-refractivity contribution in [1.82, 2.24) is 0 Å². The van der Waals surface area contributed by atoms with Crippen molar-refractivity contribution in [1.29, 1.82) is 0 Å². The first-order valence-electron chi connectivity index (χ1n) is 5.15. The van der Waals surface area contributed by atoms with E-state index in [2.05, 4.69) is 0 Å². The molecule has 0 bridgehead atoms. The van der Waals surface area contributed by atoms with Gasteiger partial charge in [0.2, 0.25) is 0 Å². The van der Waals surface area contributed by atoms with Crippen molar-refractivity contribution in [2.75, 3.05) is 6.61 Å². The molecule has 0 saturated carbocycles. The summed E-state index contributed by atoms with van der Waals surface area (Å²) in [5, 5.41) is 9.34. The van der Waals surface area contributed by atoms with Crippen molar-refractivity contribution in [3.63, 3.8) is 0 Å². The quantitative estimate of drug-likeness (QED) is 0.780. The van der Waals surface area contributed by atoms with E-state index >= 15 is 0 Å². The topological polar surface area (TPSA) is 46.5 Å². The highest BCUT2D eigenvalue weighted by molar-refractivity contribution is 6.31. The summed E-state index contributed by atoms with van der Waals surface area (Å²) in [7, 11) is 0. The highest BCUT2D eigenvalue weighted by Gasteiger charge is 2.10. The van der Waals surface area contributed by atoms with Crippen LogP contribution in [0.15, 0.2) is 24.3 Å². The lowest BCUT2D eigenvalue weighted by Crippen LogP contribution is -2.12. The molecule has 1 aromatic rings. The number of carbonyl (C=O) groups is 1. The normalized spacial score (nSPS) is 12.4. The first kappa shape index (κ1) is 13.0. The molecule has 0 fully saturated rings. The van der Waals surface area contributed by atoms with Crippen molar-refractivity contribution in [3.8, 4) is 0 Å². The van der Waals surface area contributed by atoms with Crippen LogP contribution in [0.1, 0.15) is 18.9 Å². The third kappa shape index (κ3) is 4.21. The van der Waals surface area contributed by atoms with Gasteiger partial charge in [0.25, 0.3) is 0 Å². The van der Waals surface area contributed by atoms with Gasteiger partial charge in [-0.05, 0) is 18.1 Å². The van der Waals surface area contributed by atoms with E-state index in [4.69, 9.17) is 21.4 Å². The molecule has 0 aliphatic carbocycles. The first-order chi connectivity index (χ1) is 7.61. The second-order valence-electron chi connectivity index (χ2n) is 3.67. The maximum absolute atomic E-state index is 10.5. The van der Waals surface area contributed by atoms with Crippen LogP contribution in [0.5, 0.6) is 0 Å². The van der Waals surface area contributed by atoms with Gasteiger partial charge in [-0.15, -0.1) is 0 Å². The van der Waals surface area contributed by atoms with Crippen molar-refractivity contribution < 1.29 is 14.6 Å². The number of carboxylic acid groups (broad SMARTS) is 1. The zero-order valence-corrected chi connectivity index (χ0v) is 9.91. The first-order valence-corrected chi connectivity index (χ1v) is 5.53. The molecule has 1 atom stereocenters. The number of benzene rings is 1. The Labute approximate surface area is 100.0 Å². The van der Waals surface area contributed by atoms with E-state index in [1.807, 2.05) is 18.2 Å². The van der Waals surface area contributed by atoms with Gasteiger partial charge in [0.1, 0.15) is 0 Å². The molecule has 0 amide bonds. The van der Waals surface area contributed by atoms with Crippen LogP contribution in [-0.4, -0.2) is 17.7 Å². The van der Waals surface area contributed by atoms with Crippen LogP contribution >= 0.6 is 11.6 Å². The van der Waals surface area contributed by atoms with E-state index in [1.165, 1.54) is 0 Å². The molecule has 0 spiro atoms. The third-order valence-electron chi connectivity index (χ3n) is 2.33. The predicted molar refractivity (Wildman–Crippen MR) is 62.5 cm³/mol. The Hall–Kier alpha value is -1.06. The van der Waals surface area contributed by atoms with Crippen LogP contribution in [0.25, 0.3) is 0 Å². The highest BCUT2D eigenvalue weighted by atomic mass is 35.5. The molecule has 16 heavy (non-hydrogen) atoms. The van der Waals surface area contributed by atoms with Gasteiger partial charge < -0.3 is 9.84 Å². The lowest BCUT2D eigenvalue weighted by atomic mass is 10.1. The minimum absolute atomic E-state index is 0.369. The number of hydrogen-bond acceptors (Lipinski definition) is 2. The molecule has 0 aliphatic heterocycles. The number of aliphatic carboxylic acids is 1. The van der Waals surface area contributed by atoms with Crippen LogP contribution < -0.4 is 0 Å². The van der Waals surface area contributed by atoms with Crippen LogP contribution in [0.3, 0.4) is 0 Å². The number of hydrogen-bond donors (Lipinski definition) is 1. The van der Waals surface area contributed by atoms with Gasteiger partial charge in [0.05, 0.1) is 12.5 Å². The monoisotopic (exact) mass is 242 g/mol. The lowest BCUT2D eigenvalue weighted by Gasteiger charge is -2.08. The molecule has 0 heterocycles. The highest BCUT2D eigenvalue weighted by Crippen LogP contribution is 2.16. The SMILES string of the molecule is CC(CCOCc1ccccc1Cl)C(=O)O. The van der Waals surface area contributed by atoms with Crippen LogP contribution in [0.2, 0.25) is 5.02 Å². The summed E-state index contributed by atoms with van der Waals surface area (Å²) < 4.78 is 5.37. The number of ether oxygens (including phenoxy) is 1. The Kier molecular flexibility index (Phi) is 5.29. The standard InChI is InChI=1S/C12H15ClO3/c1-9(12(14)15)6-7-16-8-10-4-2-3-5-11(10)13/h2-5,9H,6-8H2,1H3,(H,14,15). The van der Waals surface area contributed by atoms with E-state index in [9.17, 15) is 4.79 Å². The number of carboxylic acids is 1. The molecule has 1 aromatic carbocycles. The average molecular weight is 243 g/mol. The fourth-order valence-corrected chi connectivity index (χ4v) is 1.37. The van der Waals surface area contributed by atoms with Crippen molar-refractivity contribution in [2.24, 2.45) is 5.92 Å². The third-order valence-corrected chi connectivity index (χ3v) is 2.70. The Balaban J connectivity index is 2.26. The molecule has 0 aromatic heterocycles. The Morgan fingerprint density at radius 1 is 1.50 bits per heavy atom. The summed E-state index contributed by atoms with van der Waals surface area (Å²) in [5.41, 5.74) is 0.923. The maximum atomic E-state index is 10.5. The number of rotatable bonds is 6. The molecule has 0 saturated heterocycles. The van der Waals surface area contributed by atoms with E-state index in [0.717, 1.165) is 5.56 Å². The predicted octanol–water partition coefficient (Wildman–Crippen LogP) is 2.97. The number of halogens is 1. The Morgan fingerprint density at radius 2 is 2.19 bits per heavy atom. The summed E-state index contributed by atoms with van der Waals surface area (Å²) in [4.78, 5) is 10.5. The van der Waals surface area contributed by atoms with Crippen LogP contribution in [0, 0.1) is 5.92 Å². The van der Waals surface area contributed by atoms with E-state index < -0.39 is 5.97 Å². The minimum atomic E-state index is -0.790. The molecule has 4 heteroatoms. The summed E-state index contributed by atoms with van der Waals surface area (Å²) in [5.74, 6) is -1.16. The fraction of sp³-hybridized carbons (Fsp3) is 0.417. The van der Waals surface area contributed by atoms with E-state index in [-0.39, 0.29) is 5.92 Å². The smallest absolute Gasteiger partial charge is 0.306 e. The molecule has 3 nitrogen and oxygen atoms in total. The molecule has 1 rings (SSSR count). The Bertz CT molecular complexity index is 352. The van der Waals surface area contributed by atoms with Crippen LogP contribution in [0.4, 0.5) is 0 Å². The summed E-state index contributed by atoms with van der Waals surface area (Å²) >= 11 is 5.94. The second kappa shape index (κ2) is 6.51. The molecule has 1 unspecified atom stereocenters. The molecule has 1 N–H and O–H groups in total. The summed E-state index contributed by atoms with van der Waals surface area (Å²) in [6.45, 7) is 2.52. The second-order valence-corrected chi connectivity index (χ2v) is 4.08. The molecular formula is C12H15ClO3. The van der Waals surface area contributed by atoms with Gasteiger partial charge in [-0.25, -0.2) is 0 Å². The molecule has 88 valence electrons. The summed E-state index contributed by atoms with van der Waals surface area (Å²) in [6, 6.07) is 7.45. The van der Waals surface area contributed by atoms with Gasteiger partial charge in [-0.2, -0.15) is 0 Å². The van der Waals surface area contributed by atoms with Crippen molar-refractivity contribution >= 4 is 17.6 Å². The van der Waals surface area contributed by atoms with E-state index in [0.29, 0.717) is 24.7 Å². The fourth-order valence-electron chi connectivity index (χ4n) is 1.18. The molecule has 0 aliphatic rings. The van der Waals surface area contributed by atoms with Gasteiger partial charge in [0, 0.05) is 11.6 Å². The zero-order chi connectivity index (χ0) is 12.0. The van der Waals surface area contributed by atoms with Gasteiger partial charge in [0.15, 0.2) is 0 Å². The van der Waals surface area contributed by atoms with Gasteiger partial charge >= 0.3 is 5.97 Å².